The molecule has 1 N–H and O–H groups in total. The third-order valence-electron chi connectivity index (χ3n) is 5.74. The van der Waals surface area contributed by atoms with E-state index in [1.54, 1.807) is 0 Å². The summed E-state index contributed by atoms with van der Waals surface area (Å²) in [6.07, 6.45) is 7.86. The maximum atomic E-state index is 6.25. The minimum absolute atomic E-state index is 0.140. The van der Waals surface area contributed by atoms with Crippen molar-refractivity contribution in [2.75, 3.05) is 33.8 Å². The number of likely N-dealkylation sites (N-methyl/N-ethyl adjacent to an activating group) is 2. The van der Waals surface area contributed by atoms with E-state index in [0.717, 1.165) is 32.0 Å². The molecule has 0 radical (unpaired) electrons. The van der Waals surface area contributed by atoms with Crippen molar-refractivity contribution in [2.24, 2.45) is 5.41 Å². The van der Waals surface area contributed by atoms with Gasteiger partial charge in [-0.2, -0.15) is 0 Å². The Morgan fingerprint density at radius 2 is 2.08 bits per heavy atom. The highest BCUT2D eigenvalue weighted by Crippen LogP contribution is 2.50. The van der Waals surface area contributed by atoms with Crippen molar-refractivity contribution < 1.29 is 9.26 Å². The van der Waals surface area contributed by atoms with Gasteiger partial charge >= 0.3 is 0 Å². The van der Waals surface area contributed by atoms with Gasteiger partial charge in [0.05, 0.1) is 24.9 Å². The predicted molar refractivity (Wildman–Crippen MR) is 95.1 cm³/mol. The molecule has 1 aliphatic heterocycles. The smallest absolute Gasteiger partial charge is 0.154 e. The molecular weight excluding hydrogens is 302 g/mol. The molecule has 136 valence electrons. The molecule has 2 heterocycles. The lowest BCUT2D eigenvalue weighted by molar-refractivity contribution is -0.0294. The fourth-order valence-electron chi connectivity index (χ4n) is 4.45. The molecule has 5 heteroatoms. The molecule has 3 rings (SSSR count). The first-order valence-corrected chi connectivity index (χ1v) is 9.34. The van der Waals surface area contributed by atoms with Gasteiger partial charge in [-0.15, -0.1) is 0 Å². The van der Waals surface area contributed by atoms with Gasteiger partial charge in [-0.05, 0) is 57.5 Å². The standard InChI is InChI=1S/C19H33N3O2/c1-18(2)13-19(23-14-18)7-5-15(6-8-19)16-11-21-24-17(16)12-22(4)10-9-20-3/h11,15,20H,5-10,12-14H2,1-4H3. The summed E-state index contributed by atoms with van der Waals surface area (Å²) < 4.78 is 11.8. The third kappa shape index (κ3) is 4.01. The molecule has 2 aliphatic rings. The van der Waals surface area contributed by atoms with Crippen LogP contribution in [0.2, 0.25) is 0 Å². The van der Waals surface area contributed by atoms with Crippen molar-refractivity contribution in [1.82, 2.24) is 15.4 Å². The molecule has 0 unspecified atom stereocenters. The van der Waals surface area contributed by atoms with E-state index in [1.165, 1.54) is 37.7 Å². The van der Waals surface area contributed by atoms with Crippen LogP contribution in [-0.2, 0) is 11.3 Å². The molecule has 1 saturated carbocycles. The molecule has 1 spiro atoms. The monoisotopic (exact) mass is 335 g/mol. The molecular formula is C19H33N3O2. The number of hydrogen-bond donors (Lipinski definition) is 1. The van der Waals surface area contributed by atoms with Gasteiger partial charge in [0, 0.05) is 18.7 Å². The van der Waals surface area contributed by atoms with E-state index >= 15 is 0 Å². The van der Waals surface area contributed by atoms with Crippen LogP contribution in [0.15, 0.2) is 10.7 Å². The highest BCUT2D eigenvalue weighted by Gasteiger charge is 2.46. The lowest BCUT2D eigenvalue weighted by atomic mass is 9.72. The Labute approximate surface area is 146 Å². The maximum Gasteiger partial charge on any atom is 0.154 e. The van der Waals surface area contributed by atoms with Crippen LogP contribution in [0.4, 0.5) is 0 Å². The van der Waals surface area contributed by atoms with E-state index in [4.69, 9.17) is 9.26 Å². The zero-order chi connectivity index (χ0) is 17.2. The first-order valence-electron chi connectivity index (χ1n) is 9.34. The third-order valence-corrected chi connectivity index (χ3v) is 5.74. The van der Waals surface area contributed by atoms with Crippen LogP contribution < -0.4 is 5.32 Å². The molecule has 0 aromatic carbocycles. The van der Waals surface area contributed by atoms with Crippen LogP contribution in [0.3, 0.4) is 0 Å². The average molecular weight is 335 g/mol. The Bertz CT molecular complexity index is 532. The first kappa shape index (κ1) is 17.9. The van der Waals surface area contributed by atoms with Crippen molar-refractivity contribution in [3.63, 3.8) is 0 Å². The number of rotatable bonds is 6. The quantitative estimate of drug-likeness (QED) is 0.865. The summed E-state index contributed by atoms with van der Waals surface area (Å²) in [5.74, 6) is 1.61. The van der Waals surface area contributed by atoms with Crippen LogP contribution in [0.25, 0.3) is 0 Å². The van der Waals surface area contributed by atoms with Crippen molar-refractivity contribution in [1.29, 1.82) is 0 Å². The van der Waals surface area contributed by atoms with Crippen molar-refractivity contribution in [3.8, 4) is 0 Å². The van der Waals surface area contributed by atoms with Crippen LogP contribution in [0.5, 0.6) is 0 Å². The van der Waals surface area contributed by atoms with E-state index in [2.05, 4.69) is 36.3 Å². The summed E-state index contributed by atoms with van der Waals surface area (Å²) >= 11 is 0. The van der Waals surface area contributed by atoms with E-state index in [-0.39, 0.29) is 5.60 Å². The lowest BCUT2D eigenvalue weighted by Gasteiger charge is -2.37. The van der Waals surface area contributed by atoms with E-state index in [9.17, 15) is 0 Å². The summed E-state index contributed by atoms with van der Waals surface area (Å²) in [6, 6.07) is 0. The normalized spacial score (nSPS) is 29.6. The van der Waals surface area contributed by atoms with Gasteiger partial charge in [-0.3, -0.25) is 4.90 Å². The average Bonchev–Trinajstić information content (AvgIpc) is 3.11. The molecule has 2 fully saturated rings. The van der Waals surface area contributed by atoms with Gasteiger partial charge in [-0.25, -0.2) is 0 Å². The van der Waals surface area contributed by atoms with Gasteiger partial charge < -0.3 is 14.6 Å². The number of aromatic nitrogens is 1. The zero-order valence-electron chi connectivity index (χ0n) is 15.7. The van der Waals surface area contributed by atoms with Gasteiger partial charge in [0.15, 0.2) is 5.76 Å². The minimum atomic E-state index is 0.140. The summed E-state index contributed by atoms with van der Waals surface area (Å²) in [5.41, 5.74) is 1.80. The maximum absolute atomic E-state index is 6.25. The fraction of sp³-hybridized carbons (Fsp3) is 0.842. The van der Waals surface area contributed by atoms with Crippen molar-refractivity contribution in [2.45, 2.75) is 64.0 Å². The summed E-state index contributed by atoms with van der Waals surface area (Å²) in [7, 11) is 4.12. The number of nitrogens with one attached hydrogen (secondary N) is 1. The molecule has 0 atom stereocenters. The Kier molecular flexibility index (Phi) is 5.33. The van der Waals surface area contributed by atoms with Gasteiger partial charge in [0.2, 0.25) is 0 Å². The number of nitrogens with zero attached hydrogens (tertiary/aromatic N) is 2. The predicted octanol–water partition coefficient (Wildman–Crippen LogP) is 3.17. The Hall–Kier alpha value is -0.910. The van der Waals surface area contributed by atoms with Crippen LogP contribution in [-0.4, -0.2) is 49.4 Å². The molecule has 1 aromatic heterocycles. The summed E-state index contributed by atoms with van der Waals surface area (Å²) in [5, 5.41) is 7.28. The topological polar surface area (TPSA) is 50.5 Å². The zero-order valence-corrected chi connectivity index (χ0v) is 15.7. The second-order valence-electron chi connectivity index (χ2n) is 8.63. The van der Waals surface area contributed by atoms with Crippen molar-refractivity contribution in [3.05, 3.63) is 17.5 Å². The minimum Gasteiger partial charge on any atom is -0.374 e. The molecule has 5 nitrogen and oxygen atoms in total. The van der Waals surface area contributed by atoms with Crippen LogP contribution in [0, 0.1) is 5.41 Å². The van der Waals surface area contributed by atoms with Crippen LogP contribution >= 0.6 is 0 Å². The first-order chi connectivity index (χ1) is 11.4. The van der Waals surface area contributed by atoms with Crippen molar-refractivity contribution >= 4 is 0 Å². The lowest BCUT2D eigenvalue weighted by Crippen LogP contribution is -2.33. The van der Waals surface area contributed by atoms with Gasteiger partial charge in [0.1, 0.15) is 0 Å². The summed E-state index contributed by atoms with van der Waals surface area (Å²) in [4.78, 5) is 2.29. The number of ether oxygens (including phenoxy) is 1. The second-order valence-corrected chi connectivity index (χ2v) is 8.63. The molecule has 1 aliphatic carbocycles. The molecule has 0 amide bonds. The SMILES string of the molecule is CNCCN(C)Cc1oncc1C1CCC2(CC1)CC(C)(C)CO2. The molecule has 1 aromatic rings. The Morgan fingerprint density at radius 3 is 2.71 bits per heavy atom. The molecule has 24 heavy (non-hydrogen) atoms. The van der Waals surface area contributed by atoms with E-state index in [0.29, 0.717) is 11.3 Å². The van der Waals surface area contributed by atoms with E-state index < -0.39 is 0 Å². The second kappa shape index (κ2) is 7.14. The Morgan fingerprint density at radius 1 is 1.33 bits per heavy atom. The van der Waals surface area contributed by atoms with Crippen LogP contribution in [0.1, 0.15) is 63.2 Å². The fourth-order valence-corrected chi connectivity index (χ4v) is 4.45. The van der Waals surface area contributed by atoms with E-state index in [1.807, 2.05) is 13.2 Å². The largest absolute Gasteiger partial charge is 0.374 e. The Balaban J connectivity index is 1.58. The van der Waals surface area contributed by atoms with Gasteiger partial charge in [-0.1, -0.05) is 19.0 Å². The summed E-state index contributed by atoms with van der Waals surface area (Å²) in [6.45, 7) is 8.39. The van der Waals surface area contributed by atoms with Gasteiger partial charge in [0.25, 0.3) is 0 Å². The highest BCUT2D eigenvalue weighted by molar-refractivity contribution is 5.20. The highest BCUT2D eigenvalue weighted by atomic mass is 16.5. The molecule has 1 saturated heterocycles. The molecule has 0 bridgehead atoms. The number of hydrogen-bond acceptors (Lipinski definition) is 5.